The summed E-state index contributed by atoms with van der Waals surface area (Å²) in [6, 6.07) is 30.5. The van der Waals surface area contributed by atoms with Crippen molar-refractivity contribution < 1.29 is 4.57 Å². The van der Waals surface area contributed by atoms with Gasteiger partial charge in [-0.2, -0.15) is 0 Å². The van der Waals surface area contributed by atoms with Gasteiger partial charge in [0, 0.05) is 39.0 Å². The molecular formula is C26H23N2+. The molecule has 0 saturated heterocycles. The molecule has 5 aromatic rings. The average Bonchev–Trinajstić information content (AvgIpc) is 3.03. The number of aryl methyl sites for hydroxylation is 1. The van der Waals surface area contributed by atoms with Crippen LogP contribution in [-0.4, -0.2) is 4.57 Å². The number of hydrogen-bond acceptors (Lipinski definition) is 0. The fourth-order valence-electron chi connectivity index (χ4n) is 4.15. The van der Waals surface area contributed by atoms with Gasteiger partial charge in [0.25, 0.3) is 0 Å². The summed E-state index contributed by atoms with van der Waals surface area (Å²) in [5.74, 6) is 0. The maximum Gasteiger partial charge on any atom is 0.174 e. The summed E-state index contributed by atoms with van der Waals surface area (Å²) in [5.41, 5.74) is 6.52. The fourth-order valence-corrected chi connectivity index (χ4v) is 4.15. The molecular weight excluding hydrogens is 340 g/mol. The molecule has 0 bridgehead atoms. The molecule has 2 heterocycles. The first-order valence-corrected chi connectivity index (χ1v) is 9.77. The Morgan fingerprint density at radius 1 is 0.714 bits per heavy atom. The number of benzene rings is 3. The van der Waals surface area contributed by atoms with Gasteiger partial charge in [0.15, 0.2) is 18.9 Å². The van der Waals surface area contributed by atoms with Gasteiger partial charge in [0.05, 0.1) is 6.54 Å². The molecule has 0 N–H and O–H groups in total. The number of pyridine rings is 1. The molecule has 5 rings (SSSR count). The number of hydrogen-bond donors (Lipinski definition) is 0. The highest BCUT2D eigenvalue weighted by Gasteiger charge is 2.12. The fraction of sp³-hybridized carbons (Fsp3) is 0.115. The van der Waals surface area contributed by atoms with Crippen LogP contribution in [0, 0.1) is 6.92 Å². The Kier molecular flexibility index (Phi) is 4.17. The smallest absolute Gasteiger partial charge is 0.174 e. The van der Waals surface area contributed by atoms with Crippen LogP contribution < -0.4 is 4.57 Å². The molecule has 2 aromatic heterocycles. The highest BCUT2D eigenvalue weighted by molar-refractivity contribution is 6.08. The van der Waals surface area contributed by atoms with E-state index in [9.17, 15) is 0 Å². The second-order valence-corrected chi connectivity index (χ2v) is 7.49. The van der Waals surface area contributed by atoms with Crippen molar-refractivity contribution in [2.45, 2.75) is 20.0 Å². The summed E-state index contributed by atoms with van der Waals surface area (Å²) in [6.07, 6.45) is 4.42. The molecule has 0 aliphatic rings. The lowest BCUT2D eigenvalue weighted by Gasteiger charge is -2.07. The lowest BCUT2D eigenvalue weighted by Crippen LogP contribution is -2.34. The first kappa shape index (κ1) is 16.8. The third-order valence-electron chi connectivity index (χ3n) is 5.39. The number of aromatic nitrogens is 2. The highest BCUT2D eigenvalue weighted by Crippen LogP contribution is 2.29. The lowest BCUT2D eigenvalue weighted by atomic mass is 10.1. The van der Waals surface area contributed by atoms with Gasteiger partial charge in [-0.15, -0.1) is 0 Å². The number of nitrogens with zero attached hydrogens (tertiary/aromatic N) is 2. The summed E-state index contributed by atoms with van der Waals surface area (Å²) in [7, 11) is 0. The Labute approximate surface area is 165 Å². The SMILES string of the molecule is Cc1cccc(C[n+]2cccc(Cn3c4ccccc4c4ccccc43)c2)c1. The topological polar surface area (TPSA) is 8.81 Å². The van der Waals surface area contributed by atoms with E-state index in [0.29, 0.717) is 0 Å². The van der Waals surface area contributed by atoms with Gasteiger partial charge in [-0.1, -0.05) is 60.2 Å². The van der Waals surface area contributed by atoms with Gasteiger partial charge >= 0.3 is 0 Å². The maximum atomic E-state index is 2.43. The molecule has 136 valence electrons. The predicted octanol–water partition coefficient (Wildman–Crippen LogP) is 5.49. The molecule has 2 heteroatoms. The van der Waals surface area contributed by atoms with E-state index in [1.165, 1.54) is 38.5 Å². The van der Waals surface area contributed by atoms with Gasteiger partial charge in [-0.3, -0.25) is 0 Å². The predicted molar refractivity (Wildman–Crippen MR) is 115 cm³/mol. The first-order chi connectivity index (χ1) is 13.8. The summed E-state index contributed by atoms with van der Waals surface area (Å²) < 4.78 is 4.70. The lowest BCUT2D eigenvalue weighted by molar-refractivity contribution is -0.688. The molecule has 0 radical (unpaired) electrons. The Morgan fingerprint density at radius 3 is 2.11 bits per heavy atom. The second-order valence-electron chi connectivity index (χ2n) is 7.49. The van der Waals surface area contributed by atoms with E-state index < -0.39 is 0 Å². The second kappa shape index (κ2) is 6.97. The van der Waals surface area contributed by atoms with Gasteiger partial charge in [0.1, 0.15) is 0 Å². The van der Waals surface area contributed by atoms with E-state index in [-0.39, 0.29) is 0 Å². The Hall–Kier alpha value is -3.39. The van der Waals surface area contributed by atoms with E-state index >= 15 is 0 Å². The van der Waals surface area contributed by atoms with Crippen LogP contribution in [-0.2, 0) is 13.1 Å². The van der Waals surface area contributed by atoms with Crippen molar-refractivity contribution in [1.82, 2.24) is 4.57 Å². The highest BCUT2D eigenvalue weighted by atomic mass is 15.0. The monoisotopic (exact) mass is 363 g/mol. The van der Waals surface area contributed by atoms with Crippen molar-refractivity contribution in [3.63, 3.8) is 0 Å². The molecule has 3 aromatic carbocycles. The van der Waals surface area contributed by atoms with Crippen LogP contribution in [0.15, 0.2) is 97.3 Å². The summed E-state index contributed by atoms with van der Waals surface area (Å²) in [6.45, 7) is 3.90. The third kappa shape index (κ3) is 3.07. The Bertz CT molecular complexity index is 1230. The Morgan fingerprint density at radius 2 is 1.39 bits per heavy atom. The van der Waals surface area contributed by atoms with Gasteiger partial charge < -0.3 is 4.57 Å². The van der Waals surface area contributed by atoms with Gasteiger partial charge in [-0.25, -0.2) is 4.57 Å². The largest absolute Gasteiger partial charge is 0.336 e. The molecule has 0 fully saturated rings. The van der Waals surface area contributed by atoms with Crippen LogP contribution in [0.5, 0.6) is 0 Å². The first-order valence-electron chi connectivity index (χ1n) is 9.77. The van der Waals surface area contributed by atoms with Crippen LogP contribution in [0.3, 0.4) is 0 Å². The summed E-state index contributed by atoms with van der Waals surface area (Å²) in [4.78, 5) is 0. The minimum Gasteiger partial charge on any atom is -0.336 e. The van der Waals surface area contributed by atoms with E-state index in [1.807, 2.05) is 0 Å². The number of rotatable bonds is 4. The van der Waals surface area contributed by atoms with Gasteiger partial charge in [0.2, 0.25) is 0 Å². The molecule has 0 spiro atoms. The van der Waals surface area contributed by atoms with Crippen LogP contribution in [0.25, 0.3) is 21.8 Å². The summed E-state index contributed by atoms with van der Waals surface area (Å²) in [5, 5.41) is 2.64. The molecule has 0 aliphatic carbocycles. The van der Waals surface area contributed by atoms with E-state index in [1.54, 1.807) is 0 Å². The molecule has 0 atom stereocenters. The van der Waals surface area contributed by atoms with Crippen molar-refractivity contribution in [1.29, 1.82) is 0 Å². The molecule has 0 saturated carbocycles. The molecule has 0 aliphatic heterocycles. The van der Waals surface area contributed by atoms with Crippen molar-refractivity contribution in [2.75, 3.05) is 0 Å². The van der Waals surface area contributed by atoms with Crippen molar-refractivity contribution in [2.24, 2.45) is 0 Å². The van der Waals surface area contributed by atoms with Crippen molar-refractivity contribution >= 4 is 21.8 Å². The van der Waals surface area contributed by atoms with Crippen LogP contribution in [0.1, 0.15) is 16.7 Å². The molecule has 2 nitrogen and oxygen atoms in total. The summed E-state index contributed by atoms with van der Waals surface area (Å²) >= 11 is 0. The Balaban J connectivity index is 1.53. The zero-order chi connectivity index (χ0) is 18.9. The zero-order valence-corrected chi connectivity index (χ0v) is 16.0. The van der Waals surface area contributed by atoms with E-state index in [4.69, 9.17) is 0 Å². The quantitative estimate of drug-likeness (QED) is 0.374. The van der Waals surface area contributed by atoms with E-state index in [2.05, 4.69) is 113 Å². The normalized spacial score (nSPS) is 11.3. The number of para-hydroxylation sites is 2. The standard InChI is InChI=1S/C26H23N2/c1-20-8-6-9-21(16-20)17-27-15-7-10-22(18-27)19-28-25-13-4-2-11-23(25)24-12-3-5-14-26(24)28/h2-16,18H,17,19H2,1H3/q+1. The number of fused-ring (bicyclic) bond motifs is 3. The van der Waals surface area contributed by atoms with Crippen molar-refractivity contribution in [3.05, 3.63) is 114 Å². The molecule has 28 heavy (non-hydrogen) atoms. The van der Waals surface area contributed by atoms with Gasteiger partial charge in [-0.05, 0) is 31.2 Å². The average molecular weight is 363 g/mol. The molecule has 0 unspecified atom stereocenters. The zero-order valence-electron chi connectivity index (χ0n) is 16.0. The van der Waals surface area contributed by atoms with Crippen LogP contribution in [0.4, 0.5) is 0 Å². The van der Waals surface area contributed by atoms with Crippen LogP contribution >= 0.6 is 0 Å². The minimum atomic E-state index is 0.864. The maximum absolute atomic E-state index is 2.43. The third-order valence-corrected chi connectivity index (χ3v) is 5.39. The molecule has 0 amide bonds. The minimum absolute atomic E-state index is 0.864. The van der Waals surface area contributed by atoms with E-state index in [0.717, 1.165) is 13.1 Å². The van der Waals surface area contributed by atoms with Crippen molar-refractivity contribution in [3.8, 4) is 0 Å². The van der Waals surface area contributed by atoms with Crippen LogP contribution in [0.2, 0.25) is 0 Å².